The van der Waals surface area contributed by atoms with E-state index < -0.39 is 0 Å². The number of hydrogen-bond acceptors (Lipinski definition) is 4. The van der Waals surface area contributed by atoms with Gasteiger partial charge in [-0.05, 0) is 35.9 Å². The Morgan fingerprint density at radius 3 is 2.69 bits per heavy atom. The van der Waals surface area contributed by atoms with Crippen molar-refractivity contribution >= 4 is 0 Å². The molecule has 2 aliphatic rings. The second-order valence-electron chi connectivity index (χ2n) is 7.09. The maximum absolute atomic E-state index is 13.9. The van der Waals surface area contributed by atoms with Crippen molar-refractivity contribution in [1.82, 2.24) is 4.90 Å². The van der Waals surface area contributed by atoms with Gasteiger partial charge in [-0.2, -0.15) is 0 Å². The molecule has 0 spiro atoms. The van der Waals surface area contributed by atoms with Crippen molar-refractivity contribution in [2.75, 3.05) is 34.0 Å². The molecular formula is C21H24FNO3. The van der Waals surface area contributed by atoms with E-state index in [2.05, 4.69) is 17.0 Å². The molecule has 4 rings (SSSR count). The first-order valence-electron chi connectivity index (χ1n) is 8.97. The highest BCUT2D eigenvalue weighted by molar-refractivity contribution is 5.40. The number of methoxy groups -OCH3 is 2. The summed E-state index contributed by atoms with van der Waals surface area (Å²) in [5, 5.41) is 0. The fraction of sp³-hybridized carbons (Fsp3) is 0.429. The third-order valence-corrected chi connectivity index (χ3v) is 5.52. The molecule has 26 heavy (non-hydrogen) atoms. The largest absolute Gasteiger partial charge is 0.497 e. The van der Waals surface area contributed by atoms with E-state index in [1.807, 2.05) is 12.1 Å². The third-order valence-electron chi connectivity index (χ3n) is 5.52. The number of likely N-dealkylation sites (tertiary alicyclic amines) is 1. The summed E-state index contributed by atoms with van der Waals surface area (Å²) in [6.45, 7) is 3.06. The highest BCUT2D eigenvalue weighted by Gasteiger charge is 2.46. The zero-order valence-electron chi connectivity index (χ0n) is 15.2. The van der Waals surface area contributed by atoms with Crippen LogP contribution in [0.1, 0.15) is 17.2 Å². The first-order chi connectivity index (χ1) is 12.7. The van der Waals surface area contributed by atoms with Crippen LogP contribution in [0.2, 0.25) is 0 Å². The van der Waals surface area contributed by atoms with Crippen LogP contribution in [-0.2, 0) is 11.3 Å². The Balaban J connectivity index is 1.64. The summed E-state index contributed by atoms with van der Waals surface area (Å²) in [7, 11) is 3.40. The van der Waals surface area contributed by atoms with Crippen LogP contribution in [0.25, 0.3) is 0 Å². The number of nitrogens with zero attached hydrogens (tertiary/aromatic N) is 1. The first kappa shape index (κ1) is 17.3. The molecule has 2 heterocycles. The van der Waals surface area contributed by atoms with E-state index in [9.17, 15) is 4.39 Å². The standard InChI is InChI=1S/C21H24FNO3/c1-24-12-15-11-23(10-14-3-6-17(25-2)7-4-14)21-18-9-16(22)5-8-20(18)26-13-19(15)21/h3-9,15,19,21H,10-13H2,1-2H3/t15-,19-,21-/m0/s1. The van der Waals surface area contributed by atoms with Gasteiger partial charge in [-0.15, -0.1) is 0 Å². The highest BCUT2D eigenvalue weighted by Crippen LogP contribution is 2.48. The minimum Gasteiger partial charge on any atom is -0.497 e. The van der Waals surface area contributed by atoms with Gasteiger partial charge in [0.2, 0.25) is 0 Å². The number of halogens is 1. The van der Waals surface area contributed by atoms with E-state index in [0.717, 1.165) is 30.2 Å². The Bertz CT molecular complexity index is 764. The summed E-state index contributed by atoms with van der Waals surface area (Å²) in [5.41, 5.74) is 2.17. The van der Waals surface area contributed by atoms with Crippen LogP contribution >= 0.6 is 0 Å². The summed E-state index contributed by atoms with van der Waals surface area (Å²) < 4.78 is 30.5. The lowest BCUT2D eigenvalue weighted by atomic mass is 9.85. The maximum atomic E-state index is 13.9. The Kier molecular flexibility index (Phi) is 4.83. The molecule has 0 saturated carbocycles. The molecule has 0 N–H and O–H groups in total. The summed E-state index contributed by atoms with van der Waals surface area (Å²) >= 11 is 0. The maximum Gasteiger partial charge on any atom is 0.124 e. The minimum atomic E-state index is -0.215. The second kappa shape index (κ2) is 7.25. The number of fused-ring (bicyclic) bond motifs is 3. The number of benzene rings is 2. The van der Waals surface area contributed by atoms with Gasteiger partial charge < -0.3 is 14.2 Å². The van der Waals surface area contributed by atoms with Gasteiger partial charge in [-0.1, -0.05) is 12.1 Å². The van der Waals surface area contributed by atoms with Crippen molar-refractivity contribution in [2.24, 2.45) is 11.8 Å². The van der Waals surface area contributed by atoms with Crippen LogP contribution in [-0.4, -0.2) is 38.9 Å². The summed E-state index contributed by atoms with van der Waals surface area (Å²) in [4.78, 5) is 2.43. The molecule has 0 bridgehead atoms. The van der Waals surface area contributed by atoms with Crippen LogP contribution in [0.4, 0.5) is 4.39 Å². The van der Waals surface area contributed by atoms with Crippen molar-refractivity contribution in [2.45, 2.75) is 12.6 Å². The van der Waals surface area contributed by atoms with E-state index >= 15 is 0 Å². The van der Waals surface area contributed by atoms with E-state index in [1.165, 1.54) is 11.6 Å². The van der Waals surface area contributed by atoms with Crippen molar-refractivity contribution in [3.05, 3.63) is 59.4 Å². The molecule has 1 fully saturated rings. The van der Waals surface area contributed by atoms with Gasteiger partial charge in [0.1, 0.15) is 17.3 Å². The van der Waals surface area contributed by atoms with Crippen LogP contribution in [0.5, 0.6) is 11.5 Å². The van der Waals surface area contributed by atoms with Crippen molar-refractivity contribution in [3.63, 3.8) is 0 Å². The summed E-state index contributed by atoms with van der Waals surface area (Å²) in [5.74, 6) is 2.11. The SMILES string of the molecule is COC[C@@H]1CN(Cc2ccc(OC)cc2)[C@H]2c3cc(F)ccc3OC[C@@H]12. The molecule has 0 unspecified atom stereocenters. The molecular weight excluding hydrogens is 333 g/mol. The molecule has 1 saturated heterocycles. The normalized spacial score (nSPS) is 24.7. The van der Waals surface area contributed by atoms with E-state index in [4.69, 9.17) is 14.2 Å². The van der Waals surface area contributed by atoms with Crippen molar-refractivity contribution < 1.29 is 18.6 Å². The predicted molar refractivity (Wildman–Crippen MR) is 96.9 cm³/mol. The monoisotopic (exact) mass is 357 g/mol. The molecule has 2 aromatic rings. The Labute approximate surface area is 153 Å². The molecule has 0 amide bonds. The third kappa shape index (κ3) is 3.17. The van der Waals surface area contributed by atoms with Crippen LogP contribution in [0.3, 0.4) is 0 Å². The Morgan fingerprint density at radius 2 is 1.96 bits per heavy atom. The lowest BCUT2D eigenvalue weighted by Gasteiger charge is -2.34. The van der Waals surface area contributed by atoms with Gasteiger partial charge in [0.15, 0.2) is 0 Å². The Morgan fingerprint density at radius 1 is 1.15 bits per heavy atom. The summed E-state index contributed by atoms with van der Waals surface area (Å²) in [6.07, 6.45) is 0. The smallest absolute Gasteiger partial charge is 0.124 e. The minimum absolute atomic E-state index is 0.150. The van der Waals surface area contributed by atoms with Gasteiger partial charge >= 0.3 is 0 Å². The topological polar surface area (TPSA) is 30.9 Å². The molecule has 4 nitrogen and oxygen atoms in total. The van der Waals surface area contributed by atoms with Crippen molar-refractivity contribution in [1.29, 1.82) is 0 Å². The molecule has 3 atom stereocenters. The average Bonchev–Trinajstić information content (AvgIpc) is 3.00. The van der Waals surface area contributed by atoms with Crippen LogP contribution in [0, 0.1) is 17.7 Å². The number of ether oxygens (including phenoxy) is 3. The van der Waals surface area contributed by atoms with Crippen LogP contribution < -0.4 is 9.47 Å². The fourth-order valence-electron chi connectivity index (χ4n) is 4.32. The van der Waals surface area contributed by atoms with Gasteiger partial charge in [-0.3, -0.25) is 4.90 Å². The first-order valence-corrected chi connectivity index (χ1v) is 8.97. The molecule has 0 aliphatic carbocycles. The van der Waals surface area contributed by atoms with Gasteiger partial charge in [0.05, 0.1) is 20.3 Å². The average molecular weight is 357 g/mol. The van der Waals surface area contributed by atoms with Gasteiger partial charge in [0.25, 0.3) is 0 Å². The lowest BCUT2D eigenvalue weighted by molar-refractivity contribution is 0.0981. The fourth-order valence-corrected chi connectivity index (χ4v) is 4.32. The zero-order chi connectivity index (χ0) is 18.1. The molecule has 138 valence electrons. The van der Waals surface area contributed by atoms with Gasteiger partial charge in [0, 0.05) is 43.6 Å². The predicted octanol–water partition coefficient (Wildman–Crippen LogP) is 3.66. The highest BCUT2D eigenvalue weighted by atomic mass is 19.1. The van der Waals surface area contributed by atoms with E-state index in [0.29, 0.717) is 25.0 Å². The molecule has 2 aliphatic heterocycles. The lowest BCUT2D eigenvalue weighted by Crippen LogP contribution is -2.32. The molecule has 5 heteroatoms. The Hall–Kier alpha value is -2.11. The van der Waals surface area contributed by atoms with E-state index in [-0.39, 0.29) is 11.9 Å². The second-order valence-corrected chi connectivity index (χ2v) is 7.09. The molecule has 0 aromatic heterocycles. The van der Waals surface area contributed by atoms with Gasteiger partial charge in [-0.25, -0.2) is 4.39 Å². The quantitative estimate of drug-likeness (QED) is 0.817. The van der Waals surface area contributed by atoms with E-state index in [1.54, 1.807) is 26.4 Å². The number of hydrogen-bond donors (Lipinski definition) is 0. The number of rotatable bonds is 5. The van der Waals surface area contributed by atoms with Crippen LogP contribution in [0.15, 0.2) is 42.5 Å². The molecule has 2 aromatic carbocycles. The molecule has 0 radical (unpaired) electrons. The summed E-state index contributed by atoms with van der Waals surface area (Å²) in [6, 6.07) is 13.1. The van der Waals surface area contributed by atoms with Crippen molar-refractivity contribution in [3.8, 4) is 11.5 Å². The zero-order valence-corrected chi connectivity index (χ0v) is 15.2.